The first-order valence-electron chi connectivity index (χ1n) is 9.13. The van der Waals surface area contributed by atoms with Gasteiger partial charge in [-0.3, -0.25) is 4.79 Å². The van der Waals surface area contributed by atoms with Crippen LogP contribution in [0.25, 0.3) is 10.2 Å². The molecule has 8 heteroatoms. The average molecular weight is 404 g/mol. The highest BCUT2D eigenvalue weighted by Gasteiger charge is 2.34. The molecule has 2 heterocycles. The number of hydrogen-bond acceptors (Lipinski definition) is 4. The van der Waals surface area contributed by atoms with Crippen molar-refractivity contribution in [3.8, 4) is 5.75 Å². The maximum Gasteiger partial charge on any atom is 0.387 e. The molecule has 0 aliphatic carbocycles. The maximum atomic E-state index is 12.5. The number of quaternary nitrogens is 1. The smallest absolute Gasteiger partial charge is 0.387 e. The third-order valence-corrected chi connectivity index (χ3v) is 5.99. The largest absolute Gasteiger partial charge is 0.435 e. The second-order valence-corrected chi connectivity index (χ2v) is 7.81. The SMILES string of the molecule is O=C(C[NH+]1CCC[C@H]1c1nc2ccccc2s1)Nc1ccc(OC(F)F)cc1. The van der Waals surface area contributed by atoms with Crippen molar-refractivity contribution in [2.24, 2.45) is 0 Å². The number of benzene rings is 2. The zero-order chi connectivity index (χ0) is 19.5. The molecule has 5 nitrogen and oxygen atoms in total. The van der Waals surface area contributed by atoms with Crippen molar-refractivity contribution in [2.45, 2.75) is 25.5 Å². The van der Waals surface area contributed by atoms with Crippen LogP contribution >= 0.6 is 11.3 Å². The van der Waals surface area contributed by atoms with Gasteiger partial charge in [0.25, 0.3) is 5.91 Å². The molecule has 1 unspecified atom stereocenters. The number of fused-ring (bicyclic) bond motifs is 1. The van der Waals surface area contributed by atoms with Gasteiger partial charge in [0.05, 0.1) is 16.8 Å². The number of ether oxygens (including phenoxy) is 1. The maximum absolute atomic E-state index is 12.5. The zero-order valence-corrected chi connectivity index (χ0v) is 15.8. The van der Waals surface area contributed by atoms with Crippen molar-refractivity contribution < 1.29 is 23.2 Å². The van der Waals surface area contributed by atoms with Gasteiger partial charge in [-0.1, -0.05) is 12.1 Å². The molecule has 2 aromatic carbocycles. The number of thiazole rings is 1. The van der Waals surface area contributed by atoms with Gasteiger partial charge in [0.2, 0.25) is 0 Å². The van der Waals surface area contributed by atoms with Crippen molar-refractivity contribution in [1.82, 2.24) is 4.98 Å². The Morgan fingerprint density at radius 1 is 1.25 bits per heavy atom. The number of halogens is 2. The molecular weight excluding hydrogens is 384 g/mol. The number of hydrogen-bond donors (Lipinski definition) is 2. The van der Waals surface area contributed by atoms with E-state index >= 15 is 0 Å². The lowest BCUT2D eigenvalue weighted by atomic mass is 10.2. The van der Waals surface area contributed by atoms with E-state index in [0.29, 0.717) is 12.2 Å². The summed E-state index contributed by atoms with van der Waals surface area (Å²) in [6.07, 6.45) is 2.07. The van der Waals surface area contributed by atoms with Gasteiger partial charge in [-0.05, 0) is 36.4 Å². The topological polar surface area (TPSA) is 55.7 Å². The Morgan fingerprint density at radius 3 is 2.79 bits per heavy atom. The van der Waals surface area contributed by atoms with Crippen molar-refractivity contribution in [3.05, 3.63) is 53.5 Å². The van der Waals surface area contributed by atoms with Crippen molar-refractivity contribution in [2.75, 3.05) is 18.4 Å². The van der Waals surface area contributed by atoms with E-state index in [1.807, 2.05) is 18.2 Å². The summed E-state index contributed by atoms with van der Waals surface area (Å²) in [5.41, 5.74) is 1.56. The molecule has 4 rings (SSSR count). The molecule has 0 spiro atoms. The summed E-state index contributed by atoms with van der Waals surface area (Å²) in [7, 11) is 0. The van der Waals surface area contributed by atoms with Gasteiger partial charge in [-0.2, -0.15) is 8.78 Å². The van der Waals surface area contributed by atoms with Gasteiger partial charge in [0.15, 0.2) is 11.6 Å². The minimum atomic E-state index is -2.86. The molecule has 1 aromatic heterocycles. The van der Waals surface area contributed by atoms with E-state index in [1.165, 1.54) is 21.7 Å². The highest BCUT2D eigenvalue weighted by Crippen LogP contribution is 2.28. The number of amides is 1. The number of carbonyl (C=O) groups excluding carboxylic acids is 1. The van der Waals surface area contributed by atoms with Gasteiger partial charge in [0.1, 0.15) is 11.8 Å². The van der Waals surface area contributed by atoms with Gasteiger partial charge >= 0.3 is 6.61 Å². The summed E-state index contributed by atoms with van der Waals surface area (Å²) >= 11 is 1.70. The van der Waals surface area contributed by atoms with E-state index in [2.05, 4.69) is 16.1 Å². The number of nitrogens with zero attached hydrogens (tertiary/aromatic N) is 1. The number of nitrogens with one attached hydrogen (secondary N) is 2. The fraction of sp³-hybridized carbons (Fsp3) is 0.300. The number of rotatable bonds is 6. The normalized spacial score (nSPS) is 19.2. The first-order valence-corrected chi connectivity index (χ1v) is 9.95. The standard InChI is InChI=1S/C20H19F2N3O2S/c21-20(22)27-14-9-7-13(8-10-14)23-18(26)12-25-11-3-5-16(25)19-24-15-4-1-2-6-17(15)28-19/h1-2,4,6-10,16,20H,3,5,11-12H2,(H,23,26)/p+1/t16-/m0/s1. The highest BCUT2D eigenvalue weighted by atomic mass is 32.1. The van der Waals surface area contributed by atoms with Crippen LogP contribution in [0.5, 0.6) is 5.75 Å². The summed E-state index contributed by atoms with van der Waals surface area (Å²) in [4.78, 5) is 18.4. The van der Waals surface area contributed by atoms with Crippen LogP contribution in [0.2, 0.25) is 0 Å². The third-order valence-electron chi connectivity index (χ3n) is 4.84. The second kappa shape index (κ2) is 8.20. The zero-order valence-electron chi connectivity index (χ0n) is 15.0. The van der Waals surface area contributed by atoms with Crippen LogP contribution in [0, 0.1) is 0 Å². The van der Waals surface area contributed by atoms with Crippen molar-refractivity contribution in [3.63, 3.8) is 0 Å². The van der Waals surface area contributed by atoms with E-state index in [0.717, 1.165) is 29.9 Å². The summed E-state index contributed by atoms with van der Waals surface area (Å²) < 4.78 is 29.9. The molecule has 2 atom stereocenters. The minimum absolute atomic E-state index is 0.0640. The Bertz CT molecular complexity index is 928. The Hall–Kier alpha value is -2.58. The Kier molecular flexibility index (Phi) is 5.50. The van der Waals surface area contributed by atoms with Crippen LogP contribution in [0.4, 0.5) is 14.5 Å². The van der Waals surface area contributed by atoms with E-state index in [4.69, 9.17) is 4.98 Å². The summed E-state index contributed by atoms with van der Waals surface area (Å²) in [6, 6.07) is 14.2. The van der Waals surface area contributed by atoms with E-state index in [9.17, 15) is 13.6 Å². The lowest BCUT2D eigenvalue weighted by molar-refractivity contribution is -0.910. The van der Waals surface area contributed by atoms with Gasteiger partial charge in [0, 0.05) is 18.5 Å². The number of anilines is 1. The molecule has 1 amide bonds. The monoisotopic (exact) mass is 404 g/mol. The fourth-order valence-corrected chi connectivity index (χ4v) is 4.75. The third kappa shape index (κ3) is 4.28. The molecule has 3 aromatic rings. The summed E-state index contributed by atoms with van der Waals surface area (Å²) in [6.45, 7) is -1.59. The quantitative estimate of drug-likeness (QED) is 0.663. The van der Waals surface area contributed by atoms with Crippen molar-refractivity contribution >= 4 is 33.1 Å². The molecule has 146 valence electrons. The minimum Gasteiger partial charge on any atom is -0.435 e. The first kappa shape index (κ1) is 18.8. The van der Waals surface area contributed by atoms with Gasteiger partial charge in [-0.25, -0.2) is 4.98 Å². The molecule has 1 aliphatic rings. The van der Waals surface area contributed by atoms with E-state index < -0.39 is 6.61 Å². The highest BCUT2D eigenvalue weighted by molar-refractivity contribution is 7.18. The molecule has 2 N–H and O–H groups in total. The number of likely N-dealkylation sites (tertiary alicyclic amines) is 1. The Balaban J connectivity index is 1.39. The number of para-hydroxylation sites is 1. The molecule has 1 fully saturated rings. The number of alkyl halides is 2. The number of carbonyl (C=O) groups is 1. The molecule has 28 heavy (non-hydrogen) atoms. The van der Waals surface area contributed by atoms with Crippen LogP contribution in [0.3, 0.4) is 0 Å². The molecule has 0 radical (unpaired) electrons. The fourth-order valence-electron chi connectivity index (χ4n) is 3.59. The Morgan fingerprint density at radius 2 is 2.04 bits per heavy atom. The van der Waals surface area contributed by atoms with Crippen LogP contribution in [0.1, 0.15) is 23.9 Å². The molecular formula is C20H20F2N3O2S+. The summed E-state index contributed by atoms with van der Waals surface area (Å²) in [5, 5.41) is 3.91. The second-order valence-electron chi connectivity index (χ2n) is 6.75. The first-order chi connectivity index (χ1) is 13.6. The molecule has 0 bridgehead atoms. The lowest BCUT2D eigenvalue weighted by Gasteiger charge is -2.19. The van der Waals surface area contributed by atoms with E-state index in [1.54, 1.807) is 23.5 Å². The Labute approximate surface area is 164 Å². The van der Waals surface area contributed by atoms with Gasteiger partial charge in [-0.15, -0.1) is 11.3 Å². The van der Waals surface area contributed by atoms with Crippen LogP contribution in [-0.4, -0.2) is 30.6 Å². The molecule has 1 aliphatic heterocycles. The molecule has 1 saturated heterocycles. The summed E-state index contributed by atoms with van der Waals surface area (Å²) in [5.74, 6) is -0.0420. The average Bonchev–Trinajstić information content (AvgIpc) is 3.29. The number of aromatic nitrogens is 1. The lowest BCUT2D eigenvalue weighted by Crippen LogP contribution is -3.11. The van der Waals surface area contributed by atoms with Crippen LogP contribution in [-0.2, 0) is 4.79 Å². The van der Waals surface area contributed by atoms with Crippen LogP contribution < -0.4 is 15.0 Å². The van der Waals surface area contributed by atoms with Gasteiger partial charge < -0.3 is 15.0 Å². The predicted molar refractivity (Wildman–Crippen MR) is 104 cm³/mol. The van der Waals surface area contributed by atoms with E-state index in [-0.39, 0.29) is 17.7 Å². The van der Waals surface area contributed by atoms with Crippen LogP contribution in [0.15, 0.2) is 48.5 Å². The van der Waals surface area contributed by atoms with Crippen molar-refractivity contribution in [1.29, 1.82) is 0 Å². The molecule has 0 saturated carbocycles. The predicted octanol–water partition coefficient (Wildman–Crippen LogP) is 3.26.